The summed E-state index contributed by atoms with van der Waals surface area (Å²) in [5, 5.41) is 0. The van der Waals surface area contributed by atoms with Gasteiger partial charge in [0.1, 0.15) is 0 Å². The maximum atomic E-state index is 13.3. The average molecular weight is 341 g/mol. The molecule has 3 heteroatoms. The van der Waals surface area contributed by atoms with Crippen molar-refractivity contribution in [1.82, 2.24) is 0 Å². The number of carbonyl (C=O) groups excluding carboxylic acids is 2. The van der Waals surface area contributed by atoms with E-state index in [2.05, 4.69) is 19.1 Å². The van der Waals surface area contributed by atoms with Gasteiger partial charge in [0.15, 0.2) is 11.6 Å². The number of fused-ring (bicyclic) bond motifs is 3. The normalized spacial score (nSPS) is 24.1. The second kappa shape index (κ2) is 5.60. The zero-order valence-corrected chi connectivity index (χ0v) is 14.7. The zero-order chi connectivity index (χ0) is 17.8. The molecule has 26 heavy (non-hydrogen) atoms. The minimum absolute atomic E-state index is 0.0949. The zero-order valence-electron chi connectivity index (χ0n) is 14.7. The monoisotopic (exact) mass is 341 g/mol. The summed E-state index contributed by atoms with van der Waals surface area (Å²) in [6.45, 7) is 2.06. The van der Waals surface area contributed by atoms with Gasteiger partial charge in [-0.15, -0.1) is 0 Å². The van der Waals surface area contributed by atoms with Crippen molar-refractivity contribution in [1.29, 1.82) is 0 Å². The van der Waals surface area contributed by atoms with Crippen LogP contribution in [0.3, 0.4) is 0 Å². The average Bonchev–Trinajstić information content (AvgIpc) is 2.94. The van der Waals surface area contributed by atoms with Gasteiger partial charge in [-0.3, -0.25) is 14.6 Å². The molecule has 0 saturated carbocycles. The smallest absolute Gasteiger partial charge is 0.173 e. The van der Waals surface area contributed by atoms with E-state index in [9.17, 15) is 9.59 Å². The fraction of sp³-hybridized carbons (Fsp3) is 0.261. The standard InChI is InChI=1S/C23H19NO2/c1-13-7-2-3-8-14(13)19-20-17(11-6-12-18(20)25)24-22-15-9-4-5-10-16(15)23(26)21(19)22/h2-5,7-10,19,21H,6,11-12H2,1H3/t19-,21-/m1/s1. The Kier molecular flexibility index (Phi) is 3.33. The molecular weight excluding hydrogens is 322 g/mol. The molecule has 2 aromatic rings. The second-order valence-electron chi connectivity index (χ2n) is 7.36. The predicted octanol–water partition coefficient (Wildman–Crippen LogP) is 4.40. The molecular formula is C23H19NO2. The highest BCUT2D eigenvalue weighted by Crippen LogP contribution is 2.48. The maximum Gasteiger partial charge on any atom is 0.173 e. The van der Waals surface area contributed by atoms with Gasteiger partial charge in [-0.1, -0.05) is 48.5 Å². The van der Waals surface area contributed by atoms with Crippen molar-refractivity contribution < 1.29 is 9.59 Å². The van der Waals surface area contributed by atoms with Gasteiger partial charge in [-0.25, -0.2) is 0 Å². The molecule has 5 rings (SSSR count). The lowest BCUT2D eigenvalue weighted by Crippen LogP contribution is -2.34. The van der Waals surface area contributed by atoms with E-state index in [1.807, 2.05) is 36.4 Å². The molecule has 128 valence electrons. The van der Waals surface area contributed by atoms with Crippen LogP contribution in [0.25, 0.3) is 0 Å². The van der Waals surface area contributed by atoms with Crippen LogP contribution < -0.4 is 0 Å². The van der Waals surface area contributed by atoms with Crippen LogP contribution in [0.15, 0.2) is 64.8 Å². The molecule has 2 aliphatic carbocycles. The van der Waals surface area contributed by atoms with E-state index in [-0.39, 0.29) is 23.4 Å². The van der Waals surface area contributed by atoms with Crippen LogP contribution in [0, 0.1) is 12.8 Å². The highest BCUT2D eigenvalue weighted by atomic mass is 16.1. The van der Waals surface area contributed by atoms with Crippen LogP contribution in [0.2, 0.25) is 0 Å². The molecule has 0 fully saturated rings. The summed E-state index contributed by atoms with van der Waals surface area (Å²) in [6, 6.07) is 15.8. The Morgan fingerprint density at radius 3 is 2.42 bits per heavy atom. The van der Waals surface area contributed by atoms with E-state index in [4.69, 9.17) is 4.99 Å². The van der Waals surface area contributed by atoms with Crippen molar-refractivity contribution in [2.45, 2.75) is 32.1 Å². The van der Waals surface area contributed by atoms with Crippen LogP contribution in [-0.4, -0.2) is 17.3 Å². The summed E-state index contributed by atoms with van der Waals surface area (Å²) in [4.78, 5) is 31.0. The Labute approximate surface area is 152 Å². The summed E-state index contributed by atoms with van der Waals surface area (Å²) in [7, 11) is 0. The van der Waals surface area contributed by atoms with Gasteiger partial charge in [0.2, 0.25) is 0 Å². The summed E-state index contributed by atoms with van der Waals surface area (Å²) in [5.74, 6) is -0.343. The van der Waals surface area contributed by atoms with Crippen LogP contribution in [0.4, 0.5) is 0 Å². The first kappa shape index (κ1) is 15.4. The van der Waals surface area contributed by atoms with Gasteiger partial charge in [0.25, 0.3) is 0 Å². The first-order valence-electron chi connectivity index (χ1n) is 9.21. The largest absolute Gasteiger partial charge is 0.294 e. The van der Waals surface area contributed by atoms with Gasteiger partial charge in [-0.05, 0) is 30.9 Å². The number of hydrogen-bond acceptors (Lipinski definition) is 3. The summed E-state index contributed by atoms with van der Waals surface area (Å²) >= 11 is 0. The topological polar surface area (TPSA) is 46.5 Å². The molecule has 3 aliphatic rings. The van der Waals surface area contributed by atoms with E-state index < -0.39 is 0 Å². The molecule has 0 saturated heterocycles. The van der Waals surface area contributed by atoms with Crippen molar-refractivity contribution in [3.8, 4) is 0 Å². The van der Waals surface area contributed by atoms with Crippen molar-refractivity contribution in [3.05, 3.63) is 82.1 Å². The number of rotatable bonds is 1. The Bertz CT molecular complexity index is 1030. The van der Waals surface area contributed by atoms with Gasteiger partial charge in [0, 0.05) is 34.7 Å². The Balaban J connectivity index is 1.80. The van der Waals surface area contributed by atoms with Gasteiger partial charge in [-0.2, -0.15) is 0 Å². The number of allylic oxidation sites excluding steroid dienone is 2. The quantitative estimate of drug-likeness (QED) is 0.772. The predicted molar refractivity (Wildman–Crippen MR) is 101 cm³/mol. The molecule has 2 aromatic carbocycles. The molecule has 1 heterocycles. The lowest BCUT2D eigenvalue weighted by Gasteiger charge is -2.33. The molecule has 0 spiro atoms. The number of hydrogen-bond donors (Lipinski definition) is 0. The van der Waals surface area contributed by atoms with Crippen molar-refractivity contribution in [3.63, 3.8) is 0 Å². The van der Waals surface area contributed by atoms with Crippen LogP contribution in [-0.2, 0) is 4.79 Å². The van der Waals surface area contributed by atoms with Gasteiger partial charge >= 0.3 is 0 Å². The maximum absolute atomic E-state index is 13.3. The Morgan fingerprint density at radius 1 is 0.885 bits per heavy atom. The summed E-state index contributed by atoms with van der Waals surface area (Å²) in [6.07, 6.45) is 2.21. The summed E-state index contributed by atoms with van der Waals surface area (Å²) < 4.78 is 0. The fourth-order valence-corrected chi connectivity index (χ4v) is 4.72. The molecule has 0 amide bonds. The highest BCUT2D eigenvalue weighted by molar-refractivity contribution is 6.30. The lowest BCUT2D eigenvalue weighted by molar-refractivity contribution is -0.116. The molecule has 0 bridgehead atoms. The van der Waals surface area contributed by atoms with Crippen LogP contribution in [0.1, 0.15) is 52.2 Å². The number of benzene rings is 2. The molecule has 0 N–H and O–H groups in total. The minimum Gasteiger partial charge on any atom is -0.294 e. The third-order valence-electron chi connectivity index (χ3n) is 5.90. The minimum atomic E-state index is -0.380. The van der Waals surface area contributed by atoms with Crippen molar-refractivity contribution in [2.75, 3.05) is 0 Å². The van der Waals surface area contributed by atoms with Crippen molar-refractivity contribution >= 4 is 17.3 Å². The van der Waals surface area contributed by atoms with E-state index in [1.165, 1.54) is 0 Å². The number of Topliss-reactive ketones (excluding diaryl/α,β-unsaturated/α-hetero) is 2. The highest BCUT2D eigenvalue weighted by Gasteiger charge is 2.48. The first-order valence-corrected chi connectivity index (χ1v) is 9.21. The van der Waals surface area contributed by atoms with Crippen LogP contribution in [0.5, 0.6) is 0 Å². The fourth-order valence-electron chi connectivity index (χ4n) is 4.72. The van der Waals surface area contributed by atoms with E-state index >= 15 is 0 Å². The molecule has 0 unspecified atom stereocenters. The number of nitrogens with zero attached hydrogens (tertiary/aromatic N) is 1. The summed E-state index contributed by atoms with van der Waals surface area (Å²) in [5.41, 5.74) is 6.40. The third kappa shape index (κ3) is 2.03. The molecule has 1 aliphatic heterocycles. The number of aryl methyl sites for hydroxylation is 1. The Morgan fingerprint density at radius 2 is 1.62 bits per heavy atom. The molecule has 2 atom stereocenters. The third-order valence-corrected chi connectivity index (χ3v) is 5.90. The number of aliphatic imine (C=N–C) groups is 1. The van der Waals surface area contributed by atoms with Crippen LogP contribution >= 0.6 is 0 Å². The molecule has 0 radical (unpaired) electrons. The second-order valence-corrected chi connectivity index (χ2v) is 7.36. The van der Waals surface area contributed by atoms with E-state index in [0.717, 1.165) is 52.1 Å². The number of ketones is 2. The van der Waals surface area contributed by atoms with Gasteiger partial charge < -0.3 is 0 Å². The molecule has 3 nitrogen and oxygen atoms in total. The molecule has 0 aromatic heterocycles. The van der Waals surface area contributed by atoms with Gasteiger partial charge in [0.05, 0.1) is 11.6 Å². The lowest BCUT2D eigenvalue weighted by atomic mass is 9.70. The van der Waals surface area contributed by atoms with Crippen molar-refractivity contribution in [2.24, 2.45) is 10.9 Å². The Hall–Kier alpha value is -2.81. The SMILES string of the molecule is Cc1ccccc1[C@@H]1C2=C(CCCC2=O)N=C2c3ccccc3C(=O)[C@@H]21. The van der Waals surface area contributed by atoms with E-state index in [1.54, 1.807) is 0 Å². The van der Waals surface area contributed by atoms with E-state index in [0.29, 0.717) is 6.42 Å². The number of carbonyl (C=O) groups is 2. The first-order chi connectivity index (χ1) is 12.7.